The molecule has 0 aliphatic carbocycles. The summed E-state index contributed by atoms with van der Waals surface area (Å²) in [4.78, 5) is 14.1. The molecule has 186 valence electrons. The van der Waals surface area contributed by atoms with E-state index in [0.717, 1.165) is 67.9 Å². The highest BCUT2D eigenvalue weighted by atomic mass is 32.2. The van der Waals surface area contributed by atoms with Crippen molar-refractivity contribution in [3.05, 3.63) is 48.8 Å². The Balaban J connectivity index is 1.72. The molecule has 0 aliphatic heterocycles. The number of pyridine rings is 1. The molecule has 8 nitrogen and oxygen atoms in total. The highest BCUT2D eigenvalue weighted by molar-refractivity contribution is 7.94. The van der Waals surface area contributed by atoms with Gasteiger partial charge in [0.1, 0.15) is 12.3 Å². The summed E-state index contributed by atoms with van der Waals surface area (Å²) in [5.41, 5.74) is 2.46. The normalized spacial score (nSPS) is 11.8. The number of hydrogen-bond acceptors (Lipinski definition) is 8. The van der Waals surface area contributed by atoms with Gasteiger partial charge in [0.15, 0.2) is 12.4 Å². The summed E-state index contributed by atoms with van der Waals surface area (Å²) >= 11 is 1.07. The Hall–Kier alpha value is -2.33. The first-order valence-electron chi connectivity index (χ1n) is 11.6. The summed E-state index contributed by atoms with van der Waals surface area (Å²) in [6.07, 6.45) is 8.63. The first-order valence-corrected chi connectivity index (χ1v) is 12.6. The van der Waals surface area contributed by atoms with E-state index in [-0.39, 0.29) is 5.41 Å². The molecular weight excluding hydrogens is 452 g/mol. The second kappa shape index (κ2) is 14.8. The number of azo groups is 1. The van der Waals surface area contributed by atoms with E-state index in [4.69, 9.17) is 5.26 Å². The van der Waals surface area contributed by atoms with Crippen LogP contribution in [0.5, 0.6) is 0 Å². The van der Waals surface area contributed by atoms with Gasteiger partial charge in [0.05, 0.1) is 11.4 Å². The molecule has 0 atom stereocenters. The van der Waals surface area contributed by atoms with Gasteiger partial charge in [0.2, 0.25) is 0 Å². The summed E-state index contributed by atoms with van der Waals surface area (Å²) in [6.45, 7) is 7.72. The Labute approximate surface area is 207 Å². The number of aryl methyl sites for hydroxylation is 1. The van der Waals surface area contributed by atoms with E-state index in [9.17, 15) is 4.79 Å². The maximum atomic E-state index is 12.0. The number of carbonyl (C=O) groups is 1. The zero-order valence-electron chi connectivity index (χ0n) is 20.6. The first-order chi connectivity index (χ1) is 16.3. The van der Waals surface area contributed by atoms with Crippen molar-refractivity contribution in [2.45, 2.75) is 59.4 Å². The van der Waals surface area contributed by atoms with Gasteiger partial charge >= 0.3 is 0 Å². The van der Waals surface area contributed by atoms with Gasteiger partial charge in [-0.25, -0.2) is 9.82 Å². The van der Waals surface area contributed by atoms with Gasteiger partial charge < -0.3 is 4.90 Å². The van der Waals surface area contributed by atoms with Crippen molar-refractivity contribution < 1.29 is 24.0 Å². The van der Waals surface area contributed by atoms with E-state index in [1.807, 2.05) is 76.6 Å². The van der Waals surface area contributed by atoms with Crippen molar-refractivity contribution in [3.63, 3.8) is 0 Å². The van der Waals surface area contributed by atoms with Crippen molar-refractivity contribution in [3.8, 4) is 0 Å². The van der Waals surface area contributed by atoms with Crippen LogP contribution in [-0.4, -0.2) is 30.4 Å². The van der Waals surface area contributed by atoms with Crippen molar-refractivity contribution >= 4 is 34.9 Å². The lowest BCUT2D eigenvalue weighted by Crippen LogP contribution is -2.32. The predicted molar refractivity (Wildman–Crippen MR) is 135 cm³/mol. The van der Waals surface area contributed by atoms with E-state index in [1.165, 1.54) is 0 Å². The van der Waals surface area contributed by atoms with Crippen LogP contribution in [0, 0.1) is 5.41 Å². The zero-order chi connectivity index (χ0) is 24.8. The van der Waals surface area contributed by atoms with Crippen LogP contribution in [0.4, 0.5) is 17.1 Å². The van der Waals surface area contributed by atoms with Gasteiger partial charge in [-0.1, -0.05) is 25.8 Å². The molecule has 0 saturated heterocycles. The van der Waals surface area contributed by atoms with Gasteiger partial charge in [0, 0.05) is 67.5 Å². The predicted octanol–water partition coefficient (Wildman–Crippen LogP) is 6.46. The smallest absolute Gasteiger partial charge is 0.171 e. The van der Waals surface area contributed by atoms with Crippen LogP contribution in [-0.2, 0) is 20.7 Å². The van der Waals surface area contributed by atoms with Crippen LogP contribution in [0.1, 0.15) is 52.9 Å². The summed E-state index contributed by atoms with van der Waals surface area (Å²) in [7, 11) is 2.02. The third-order valence-electron chi connectivity index (χ3n) is 5.40. The molecule has 1 aromatic heterocycles. The Kier molecular flexibility index (Phi) is 12.2. The van der Waals surface area contributed by atoms with Crippen LogP contribution in [0.2, 0.25) is 0 Å². The highest BCUT2D eigenvalue weighted by Crippen LogP contribution is 2.22. The Bertz CT molecular complexity index is 883. The maximum Gasteiger partial charge on any atom is 0.171 e. The summed E-state index contributed by atoms with van der Waals surface area (Å²) in [5, 5.41) is 20.3. The minimum Gasteiger partial charge on any atom is -0.375 e. The van der Waals surface area contributed by atoms with Crippen molar-refractivity contribution in [2.24, 2.45) is 15.6 Å². The molecule has 1 aromatic carbocycles. The van der Waals surface area contributed by atoms with Crippen LogP contribution in [0.3, 0.4) is 0 Å². The van der Waals surface area contributed by atoms with E-state index in [0.29, 0.717) is 18.0 Å². The molecule has 0 fully saturated rings. The van der Waals surface area contributed by atoms with Gasteiger partial charge in [-0.15, -0.1) is 4.33 Å². The molecule has 9 heteroatoms. The Morgan fingerprint density at radius 3 is 2.26 bits per heavy atom. The lowest BCUT2D eigenvalue weighted by molar-refractivity contribution is -0.697. The summed E-state index contributed by atoms with van der Waals surface area (Å²) in [5.74, 6) is 1.06. The largest absolute Gasteiger partial charge is 0.375 e. The van der Waals surface area contributed by atoms with E-state index >= 15 is 0 Å². The lowest BCUT2D eigenvalue weighted by Gasteiger charge is -2.18. The molecule has 2 rings (SSSR count). The molecule has 1 N–H and O–H groups in total. The standard InChI is InChI=1S/C25H36N4O4S/c1-25(2,3)24(30)9-6-5-7-17-29-18-14-22(15-19-29)27-26-21-10-12-23(13-11-21)28(4)16-8-20-34-33-32-31/h10-15,18-19H,5-9,16-17,20H2,1-4H3/p+1. The molecule has 0 spiro atoms. The average Bonchev–Trinajstić information content (AvgIpc) is 2.82. The highest BCUT2D eigenvalue weighted by Gasteiger charge is 2.20. The van der Waals surface area contributed by atoms with E-state index < -0.39 is 0 Å². The first kappa shape index (κ1) is 27.9. The van der Waals surface area contributed by atoms with E-state index in [1.54, 1.807) is 0 Å². The second-order valence-corrected chi connectivity index (χ2v) is 10.0. The Morgan fingerprint density at radius 2 is 1.65 bits per heavy atom. The zero-order valence-corrected chi connectivity index (χ0v) is 21.5. The van der Waals surface area contributed by atoms with Crippen LogP contribution in [0.15, 0.2) is 59.0 Å². The number of Topliss-reactive ketones (excluding diaryl/α,β-unsaturated/α-hetero) is 1. The number of aromatic nitrogens is 1. The molecule has 0 saturated carbocycles. The average molecular weight is 490 g/mol. The summed E-state index contributed by atoms with van der Waals surface area (Å²) in [6, 6.07) is 11.8. The molecule has 1 heterocycles. The topological polar surface area (TPSA) is 87.6 Å². The number of ketones is 1. The quantitative estimate of drug-likeness (QED) is 0.0771. The molecule has 0 bridgehead atoms. The van der Waals surface area contributed by atoms with Crippen molar-refractivity contribution in [1.29, 1.82) is 0 Å². The van der Waals surface area contributed by atoms with Crippen LogP contribution >= 0.6 is 12.0 Å². The monoisotopic (exact) mass is 489 g/mol. The molecule has 0 radical (unpaired) electrons. The van der Waals surface area contributed by atoms with Crippen LogP contribution in [0.25, 0.3) is 0 Å². The van der Waals surface area contributed by atoms with Gasteiger partial charge in [-0.05, 0) is 43.5 Å². The van der Waals surface area contributed by atoms with Crippen molar-refractivity contribution in [2.75, 3.05) is 24.2 Å². The van der Waals surface area contributed by atoms with Gasteiger partial charge in [-0.3, -0.25) is 4.79 Å². The molecule has 34 heavy (non-hydrogen) atoms. The lowest BCUT2D eigenvalue weighted by atomic mass is 9.88. The number of rotatable bonds is 15. The molecule has 0 amide bonds. The number of anilines is 1. The van der Waals surface area contributed by atoms with Gasteiger partial charge in [-0.2, -0.15) is 10.2 Å². The minimum absolute atomic E-state index is 0.232. The van der Waals surface area contributed by atoms with Gasteiger partial charge in [0.25, 0.3) is 0 Å². The number of benzene rings is 1. The number of nitrogens with zero attached hydrogens (tertiary/aromatic N) is 4. The third-order valence-corrected chi connectivity index (χ3v) is 6.01. The number of carbonyl (C=O) groups excluding carboxylic acids is 1. The molecular formula is C25H37N4O4S+. The van der Waals surface area contributed by atoms with Crippen LogP contribution < -0.4 is 9.47 Å². The number of unbranched alkanes of at least 4 members (excludes halogenated alkanes) is 2. The molecule has 2 aromatic rings. The molecule has 0 unspecified atom stereocenters. The number of hydrogen-bond donors (Lipinski definition) is 1. The second-order valence-electron chi connectivity index (χ2n) is 9.23. The fraction of sp³-hybridized carbons (Fsp3) is 0.520. The fourth-order valence-corrected chi connectivity index (χ4v) is 3.59. The Morgan fingerprint density at radius 1 is 1.00 bits per heavy atom. The van der Waals surface area contributed by atoms with Crippen molar-refractivity contribution in [1.82, 2.24) is 0 Å². The minimum atomic E-state index is -0.232. The SMILES string of the molecule is CN(CCCSOOO)c1ccc(N=Nc2cc[n+](CCCCCC(=O)C(C)(C)C)cc2)cc1. The summed E-state index contributed by atoms with van der Waals surface area (Å²) < 4.78 is 6.50. The molecule has 0 aliphatic rings. The fourth-order valence-electron chi connectivity index (χ4n) is 3.23. The maximum absolute atomic E-state index is 12.0. The third kappa shape index (κ3) is 10.7. The van der Waals surface area contributed by atoms with E-state index in [2.05, 4.69) is 29.1 Å².